The van der Waals surface area contributed by atoms with Gasteiger partial charge in [-0.25, -0.2) is 0 Å². The third-order valence-corrected chi connectivity index (χ3v) is 4.67. The fourth-order valence-electron chi connectivity index (χ4n) is 3.10. The van der Waals surface area contributed by atoms with Crippen molar-refractivity contribution in [3.63, 3.8) is 0 Å². The minimum atomic E-state index is -0.257. The van der Waals surface area contributed by atoms with Crippen LogP contribution in [0.4, 0.5) is 0 Å². The molecule has 1 radical (unpaired) electrons. The first-order valence-corrected chi connectivity index (χ1v) is 10.9. The van der Waals surface area contributed by atoms with Crippen molar-refractivity contribution in [2.75, 3.05) is 0 Å². The SMILES string of the molecule is CCCCCCCCCCCCCCCCCCC=C[CH]OC(C)=O. The van der Waals surface area contributed by atoms with Gasteiger partial charge in [-0.2, -0.15) is 0 Å². The van der Waals surface area contributed by atoms with Crippen LogP contribution in [0.2, 0.25) is 0 Å². The summed E-state index contributed by atoms with van der Waals surface area (Å²) in [7, 11) is 0. The average molecular weight is 352 g/mol. The van der Waals surface area contributed by atoms with Gasteiger partial charge in [0.05, 0.1) is 0 Å². The standard InChI is InChI=1S/C23H43O2/c1-3-4-5-6-7-8-9-10-11-12-13-14-15-16-17-18-19-20-21-22-25-23(2)24/h20-22H,3-19H2,1-2H3. The van der Waals surface area contributed by atoms with Crippen LogP contribution in [-0.4, -0.2) is 5.97 Å². The zero-order valence-electron chi connectivity index (χ0n) is 17.1. The van der Waals surface area contributed by atoms with Gasteiger partial charge < -0.3 is 4.74 Å². The molecule has 0 aromatic carbocycles. The summed E-state index contributed by atoms with van der Waals surface area (Å²) in [4.78, 5) is 10.5. The van der Waals surface area contributed by atoms with Crippen molar-refractivity contribution in [1.29, 1.82) is 0 Å². The van der Waals surface area contributed by atoms with E-state index in [1.165, 1.54) is 116 Å². The highest BCUT2D eigenvalue weighted by atomic mass is 16.5. The molecule has 147 valence electrons. The lowest BCUT2D eigenvalue weighted by molar-refractivity contribution is -0.136. The van der Waals surface area contributed by atoms with Crippen LogP contribution in [0.15, 0.2) is 12.2 Å². The number of esters is 1. The maximum absolute atomic E-state index is 10.5. The van der Waals surface area contributed by atoms with Gasteiger partial charge in [0.1, 0.15) is 0 Å². The summed E-state index contributed by atoms with van der Waals surface area (Å²) in [6, 6.07) is 0. The molecule has 0 aliphatic rings. The third-order valence-electron chi connectivity index (χ3n) is 4.67. The van der Waals surface area contributed by atoms with E-state index in [1.807, 2.05) is 6.08 Å². The monoisotopic (exact) mass is 351 g/mol. The molecule has 0 unspecified atom stereocenters. The van der Waals surface area contributed by atoms with Crippen molar-refractivity contribution in [2.24, 2.45) is 0 Å². The van der Waals surface area contributed by atoms with Crippen molar-refractivity contribution in [3.8, 4) is 0 Å². The second kappa shape index (κ2) is 21.3. The van der Waals surface area contributed by atoms with E-state index in [2.05, 4.69) is 13.0 Å². The van der Waals surface area contributed by atoms with Gasteiger partial charge in [0.15, 0.2) is 6.61 Å². The molecule has 0 atom stereocenters. The van der Waals surface area contributed by atoms with E-state index < -0.39 is 0 Å². The highest BCUT2D eigenvalue weighted by Crippen LogP contribution is 2.14. The third kappa shape index (κ3) is 23.2. The van der Waals surface area contributed by atoms with E-state index >= 15 is 0 Å². The van der Waals surface area contributed by atoms with E-state index in [4.69, 9.17) is 4.74 Å². The molecular formula is C23H43O2. The molecule has 0 heterocycles. The van der Waals surface area contributed by atoms with Gasteiger partial charge in [-0.05, 0) is 18.9 Å². The van der Waals surface area contributed by atoms with E-state index in [1.54, 1.807) is 0 Å². The van der Waals surface area contributed by atoms with Gasteiger partial charge in [-0.3, -0.25) is 4.79 Å². The Bertz CT molecular complexity index is 296. The average Bonchev–Trinajstić information content (AvgIpc) is 2.60. The summed E-state index contributed by atoms with van der Waals surface area (Å²) in [6.07, 6.45) is 27.5. The number of rotatable bonds is 19. The lowest BCUT2D eigenvalue weighted by atomic mass is 10.0. The Labute approximate surface area is 157 Å². The van der Waals surface area contributed by atoms with Crippen molar-refractivity contribution < 1.29 is 9.53 Å². The van der Waals surface area contributed by atoms with Crippen LogP contribution >= 0.6 is 0 Å². The van der Waals surface area contributed by atoms with Gasteiger partial charge in [0.25, 0.3) is 0 Å². The highest BCUT2D eigenvalue weighted by molar-refractivity contribution is 5.66. The second-order valence-corrected chi connectivity index (χ2v) is 7.27. The molecule has 0 aliphatic heterocycles. The quantitative estimate of drug-likeness (QED) is 0.174. The Hall–Kier alpha value is -0.790. The first kappa shape index (κ1) is 24.2. The molecule has 0 amide bonds. The summed E-state index contributed by atoms with van der Waals surface area (Å²) < 4.78 is 4.72. The Morgan fingerprint density at radius 3 is 1.48 bits per heavy atom. The molecule has 2 nitrogen and oxygen atoms in total. The molecule has 0 aromatic rings. The predicted molar refractivity (Wildman–Crippen MR) is 109 cm³/mol. The Kier molecular flexibility index (Phi) is 20.6. The number of hydrogen-bond donors (Lipinski definition) is 0. The summed E-state index contributed by atoms with van der Waals surface area (Å²) in [6.45, 7) is 5.17. The van der Waals surface area contributed by atoms with Crippen LogP contribution in [0.5, 0.6) is 0 Å². The van der Waals surface area contributed by atoms with Crippen molar-refractivity contribution >= 4 is 5.97 Å². The lowest BCUT2D eigenvalue weighted by Crippen LogP contribution is -1.92. The van der Waals surface area contributed by atoms with Gasteiger partial charge in [-0.1, -0.05) is 109 Å². The Morgan fingerprint density at radius 1 is 0.680 bits per heavy atom. The van der Waals surface area contributed by atoms with Crippen LogP contribution in [0.3, 0.4) is 0 Å². The van der Waals surface area contributed by atoms with Crippen molar-refractivity contribution in [1.82, 2.24) is 0 Å². The first-order chi connectivity index (χ1) is 12.3. The zero-order valence-corrected chi connectivity index (χ0v) is 17.1. The number of carbonyl (C=O) groups is 1. The molecule has 2 heteroatoms. The fourth-order valence-corrected chi connectivity index (χ4v) is 3.10. The number of unbranched alkanes of at least 4 members (excludes halogenated alkanes) is 16. The van der Waals surface area contributed by atoms with E-state index in [0.29, 0.717) is 0 Å². The molecule has 0 N–H and O–H groups in total. The molecule has 0 spiro atoms. The number of carbonyl (C=O) groups excluding carboxylic acids is 1. The summed E-state index contributed by atoms with van der Waals surface area (Å²) in [5.74, 6) is -0.257. The predicted octanol–water partition coefficient (Wildman–Crippen LogP) is 7.92. The minimum Gasteiger partial charge on any atom is -0.454 e. The molecular weight excluding hydrogens is 308 g/mol. The highest BCUT2D eigenvalue weighted by Gasteiger charge is 1.94. The number of hydrogen-bond acceptors (Lipinski definition) is 2. The van der Waals surface area contributed by atoms with Crippen molar-refractivity contribution in [2.45, 2.75) is 123 Å². The number of ether oxygens (including phenoxy) is 1. The maximum Gasteiger partial charge on any atom is 0.303 e. The normalized spacial score (nSPS) is 11.3. The van der Waals surface area contributed by atoms with Crippen LogP contribution in [0.1, 0.15) is 123 Å². The topological polar surface area (TPSA) is 26.3 Å². The summed E-state index contributed by atoms with van der Waals surface area (Å²) in [5.41, 5.74) is 0. The number of allylic oxidation sites excluding steroid dienone is 1. The van der Waals surface area contributed by atoms with Gasteiger partial charge >= 0.3 is 5.97 Å². The molecule has 0 bridgehead atoms. The van der Waals surface area contributed by atoms with Crippen LogP contribution in [0, 0.1) is 6.61 Å². The van der Waals surface area contributed by atoms with Crippen LogP contribution in [-0.2, 0) is 9.53 Å². The zero-order chi connectivity index (χ0) is 18.4. The molecule has 0 aromatic heterocycles. The summed E-state index contributed by atoms with van der Waals surface area (Å²) in [5, 5.41) is 0. The Morgan fingerprint density at radius 2 is 1.08 bits per heavy atom. The maximum atomic E-state index is 10.5. The minimum absolute atomic E-state index is 0.257. The second-order valence-electron chi connectivity index (χ2n) is 7.27. The molecule has 0 saturated heterocycles. The molecule has 25 heavy (non-hydrogen) atoms. The molecule has 0 fully saturated rings. The fraction of sp³-hybridized carbons (Fsp3) is 0.826. The smallest absolute Gasteiger partial charge is 0.303 e. The largest absolute Gasteiger partial charge is 0.454 e. The molecule has 0 saturated carbocycles. The Balaban J connectivity index is 3.04. The van der Waals surface area contributed by atoms with Crippen LogP contribution < -0.4 is 0 Å². The first-order valence-electron chi connectivity index (χ1n) is 10.9. The summed E-state index contributed by atoms with van der Waals surface area (Å²) >= 11 is 0. The van der Waals surface area contributed by atoms with Crippen LogP contribution in [0.25, 0.3) is 0 Å². The van der Waals surface area contributed by atoms with Gasteiger partial charge in [0.2, 0.25) is 0 Å². The lowest BCUT2D eigenvalue weighted by Gasteiger charge is -2.03. The van der Waals surface area contributed by atoms with Crippen molar-refractivity contribution in [3.05, 3.63) is 18.8 Å². The van der Waals surface area contributed by atoms with E-state index in [9.17, 15) is 4.79 Å². The van der Waals surface area contributed by atoms with E-state index in [-0.39, 0.29) is 5.97 Å². The van der Waals surface area contributed by atoms with Gasteiger partial charge in [0, 0.05) is 6.92 Å². The van der Waals surface area contributed by atoms with E-state index in [0.717, 1.165) is 6.42 Å². The molecule has 0 rings (SSSR count). The van der Waals surface area contributed by atoms with Gasteiger partial charge in [-0.15, -0.1) is 0 Å². The molecule has 0 aliphatic carbocycles.